The van der Waals surface area contributed by atoms with Crippen LogP contribution in [0.15, 0.2) is 46.9 Å². The average Bonchev–Trinajstić information content (AvgIpc) is 2.47. The van der Waals surface area contributed by atoms with Gasteiger partial charge in [0.25, 0.3) is 0 Å². The van der Waals surface area contributed by atoms with Gasteiger partial charge >= 0.3 is 0 Å². The molecule has 4 heteroatoms. The number of hydrogen-bond acceptors (Lipinski definition) is 2. The predicted octanol–water partition coefficient (Wildman–Crippen LogP) is 4.61. The Morgan fingerprint density at radius 1 is 1.25 bits per heavy atom. The van der Waals surface area contributed by atoms with Gasteiger partial charge in [-0.05, 0) is 54.9 Å². The van der Waals surface area contributed by atoms with Gasteiger partial charge in [-0.15, -0.1) is 0 Å². The van der Waals surface area contributed by atoms with E-state index >= 15 is 0 Å². The van der Waals surface area contributed by atoms with Gasteiger partial charge in [0.05, 0.1) is 7.11 Å². The summed E-state index contributed by atoms with van der Waals surface area (Å²) < 4.78 is 6.30. The van der Waals surface area contributed by atoms with Gasteiger partial charge in [0, 0.05) is 15.5 Å². The van der Waals surface area contributed by atoms with Crippen molar-refractivity contribution in [3.8, 4) is 5.75 Å². The predicted molar refractivity (Wildman–Crippen MR) is 87.7 cm³/mol. The molecular weight excluding hydrogens is 338 g/mol. The van der Waals surface area contributed by atoms with Crippen LogP contribution in [-0.2, 0) is 6.42 Å². The lowest BCUT2D eigenvalue weighted by molar-refractivity contribution is 0.414. The summed E-state index contributed by atoms with van der Waals surface area (Å²) in [7, 11) is 3.63. The van der Waals surface area contributed by atoms with E-state index in [4.69, 9.17) is 16.3 Å². The number of likely N-dealkylation sites (N-methyl/N-ethyl adjacent to an activating group) is 1. The van der Waals surface area contributed by atoms with Crippen LogP contribution in [0.5, 0.6) is 5.75 Å². The molecule has 0 spiro atoms. The van der Waals surface area contributed by atoms with Crippen molar-refractivity contribution in [2.45, 2.75) is 12.5 Å². The molecule has 0 heterocycles. The first-order valence-electron chi connectivity index (χ1n) is 6.39. The molecule has 0 aliphatic carbocycles. The van der Waals surface area contributed by atoms with Crippen LogP contribution in [0.2, 0.25) is 5.02 Å². The second kappa shape index (κ2) is 7.11. The van der Waals surface area contributed by atoms with Crippen LogP contribution >= 0.6 is 27.5 Å². The van der Waals surface area contributed by atoms with Crippen molar-refractivity contribution in [2.75, 3.05) is 14.2 Å². The number of nitrogens with one attached hydrogen (secondary N) is 1. The Morgan fingerprint density at radius 2 is 2.05 bits per heavy atom. The average molecular weight is 355 g/mol. The molecule has 1 N–H and O–H groups in total. The minimum Gasteiger partial charge on any atom is -0.497 e. The zero-order chi connectivity index (χ0) is 14.5. The summed E-state index contributed by atoms with van der Waals surface area (Å²) in [6, 6.07) is 14.2. The maximum Gasteiger partial charge on any atom is 0.119 e. The van der Waals surface area contributed by atoms with E-state index in [0.29, 0.717) is 0 Å². The lowest BCUT2D eigenvalue weighted by atomic mass is 9.99. The highest BCUT2D eigenvalue weighted by Gasteiger charge is 2.14. The summed E-state index contributed by atoms with van der Waals surface area (Å²) in [5.41, 5.74) is 2.30. The van der Waals surface area contributed by atoms with Crippen LogP contribution in [0.3, 0.4) is 0 Å². The largest absolute Gasteiger partial charge is 0.497 e. The second-order valence-electron chi connectivity index (χ2n) is 4.56. The molecular formula is C16H17BrClNO. The molecule has 1 unspecified atom stereocenters. The first-order valence-corrected chi connectivity index (χ1v) is 7.56. The Hall–Kier alpha value is -1.03. The van der Waals surface area contributed by atoms with Crippen molar-refractivity contribution in [1.29, 1.82) is 0 Å². The second-order valence-corrected chi connectivity index (χ2v) is 5.89. The molecule has 0 aliphatic rings. The summed E-state index contributed by atoms with van der Waals surface area (Å²) in [6.45, 7) is 0. The summed E-state index contributed by atoms with van der Waals surface area (Å²) in [5.74, 6) is 0.873. The van der Waals surface area contributed by atoms with E-state index in [1.165, 1.54) is 5.56 Å². The number of rotatable bonds is 5. The molecule has 0 saturated heterocycles. The molecule has 0 fully saturated rings. The van der Waals surface area contributed by atoms with Crippen molar-refractivity contribution in [3.05, 3.63) is 63.1 Å². The van der Waals surface area contributed by atoms with Crippen LogP contribution in [0.4, 0.5) is 0 Å². The Bertz CT molecular complexity index is 588. The third kappa shape index (κ3) is 3.75. The fraction of sp³-hybridized carbons (Fsp3) is 0.250. The van der Waals surface area contributed by atoms with Crippen LogP contribution in [0.1, 0.15) is 17.2 Å². The van der Waals surface area contributed by atoms with Gasteiger partial charge in [0.1, 0.15) is 5.75 Å². The Kier molecular flexibility index (Phi) is 5.46. The highest BCUT2D eigenvalue weighted by Crippen LogP contribution is 2.29. The maximum atomic E-state index is 6.31. The Labute approximate surface area is 133 Å². The first kappa shape index (κ1) is 15.4. The summed E-state index contributed by atoms with van der Waals surface area (Å²) >= 11 is 9.80. The topological polar surface area (TPSA) is 21.3 Å². The minimum absolute atomic E-state index is 0.159. The number of hydrogen-bond donors (Lipinski definition) is 1. The molecule has 0 aliphatic heterocycles. The molecule has 106 valence electrons. The molecule has 20 heavy (non-hydrogen) atoms. The van der Waals surface area contributed by atoms with Crippen LogP contribution in [-0.4, -0.2) is 14.2 Å². The number of benzene rings is 2. The van der Waals surface area contributed by atoms with E-state index in [0.717, 1.165) is 27.2 Å². The van der Waals surface area contributed by atoms with Gasteiger partial charge in [0.2, 0.25) is 0 Å². The molecule has 2 aromatic carbocycles. The van der Waals surface area contributed by atoms with Crippen LogP contribution in [0, 0.1) is 0 Å². The van der Waals surface area contributed by atoms with Gasteiger partial charge in [-0.2, -0.15) is 0 Å². The number of methoxy groups -OCH3 is 1. The maximum absolute atomic E-state index is 6.31. The summed E-state index contributed by atoms with van der Waals surface area (Å²) in [6.07, 6.45) is 0.851. The SMILES string of the molecule is CNC(Cc1cccc(OC)c1)c1cc(Br)ccc1Cl. The third-order valence-corrected chi connectivity index (χ3v) is 4.09. The molecule has 0 saturated carbocycles. The molecule has 1 atom stereocenters. The zero-order valence-electron chi connectivity index (χ0n) is 11.5. The van der Waals surface area contributed by atoms with Gasteiger partial charge in [0.15, 0.2) is 0 Å². The Balaban J connectivity index is 2.26. The molecule has 0 aromatic heterocycles. The highest BCUT2D eigenvalue weighted by atomic mass is 79.9. The summed E-state index contributed by atoms with van der Waals surface area (Å²) in [4.78, 5) is 0. The third-order valence-electron chi connectivity index (χ3n) is 3.26. The fourth-order valence-electron chi connectivity index (χ4n) is 2.18. The van der Waals surface area contributed by atoms with Crippen molar-refractivity contribution < 1.29 is 4.74 Å². The quantitative estimate of drug-likeness (QED) is 0.846. The highest BCUT2D eigenvalue weighted by molar-refractivity contribution is 9.10. The zero-order valence-corrected chi connectivity index (χ0v) is 13.8. The van der Waals surface area contributed by atoms with E-state index < -0.39 is 0 Å². The number of halogens is 2. The first-order chi connectivity index (χ1) is 9.63. The molecule has 2 aromatic rings. The smallest absolute Gasteiger partial charge is 0.119 e. The van der Waals surface area contributed by atoms with E-state index in [1.807, 2.05) is 31.3 Å². The lowest BCUT2D eigenvalue weighted by Gasteiger charge is -2.19. The normalized spacial score (nSPS) is 12.2. The molecule has 2 rings (SSSR count). The van der Waals surface area contributed by atoms with Gasteiger partial charge in [-0.1, -0.05) is 39.7 Å². The van der Waals surface area contributed by atoms with E-state index in [-0.39, 0.29) is 6.04 Å². The standard InChI is InChI=1S/C16H17BrClNO/c1-19-16(14-10-12(17)6-7-15(14)18)9-11-4-3-5-13(8-11)20-2/h3-8,10,16,19H,9H2,1-2H3. The van der Waals surface area contributed by atoms with E-state index in [9.17, 15) is 0 Å². The van der Waals surface area contributed by atoms with Gasteiger partial charge in [-0.3, -0.25) is 0 Å². The van der Waals surface area contributed by atoms with Crippen LogP contribution in [0.25, 0.3) is 0 Å². The monoisotopic (exact) mass is 353 g/mol. The van der Waals surface area contributed by atoms with Crippen LogP contribution < -0.4 is 10.1 Å². The molecule has 2 nitrogen and oxygen atoms in total. The van der Waals surface area contributed by atoms with Crippen molar-refractivity contribution >= 4 is 27.5 Å². The van der Waals surface area contributed by atoms with Crippen molar-refractivity contribution in [1.82, 2.24) is 5.32 Å². The molecule has 0 amide bonds. The number of ether oxygens (including phenoxy) is 1. The van der Waals surface area contributed by atoms with E-state index in [2.05, 4.69) is 39.4 Å². The molecule has 0 radical (unpaired) electrons. The van der Waals surface area contributed by atoms with Crippen molar-refractivity contribution in [2.24, 2.45) is 0 Å². The summed E-state index contributed by atoms with van der Waals surface area (Å²) in [5, 5.41) is 4.10. The van der Waals surface area contributed by atoms with E-state index in [1.54, 1.807) is 7.11 Å². The molecule has 0 bridgehead atoms. The van der Waals surface area contributed by atoms with Gasteiger partial charge in [-0.25, -0.2) is 0 Å². The lowest BCUT2D eigenvalue weighted by Crippen LogP contribution is -2.19. The Morgan fingerprint density at radius 3 is 2.75 bits per heavy atom. The fourth-order valence-corrected chi connectivity index (χ4v) is 2.81. The van der Waals surface area contributed by atoms with Crippen molar-refractivity contribution in [3.63, 3.8) is 0 Å². The van der Waals surface area contributed by atoms with Gasteiger partial charge < -0.3 is 10.1 Å². The minimum atomic E-state index is 0.159.